The molecule has 0 saturated heterocycles. The van der Waals surface area contributed by atoms with Crippen molar-refractivity contribution in [1.29, 1.82) is 0 Å². The summed E-state index contributed by atoms with van der Waals surface area (Å²) in [5.74, 6) is -0.869. The monoisotopic (exact) mass is 547 g/mol. The van der Waals surface area contributed by atoms with Gasteiger partial charge in [-0.1, -0.05) is 48.2 Å². The van der Waals surface area contributed by atoms with Gasteiger partial charge in [-0.2, -0.15) is 0 Å². The van der Waals surface area contributed by atoms with E-state index in [9.17, 15) is 19.2 Å². The number of fused-ring (bicyclic) bond motifs is 2. The number of anilines is 2. The van der Waals surface area contributed by atoms with E-state index >= 15 is 0 Å². The van der Waals surface area contributed by atoms with E-state index in [0.29, 0.717) is 0 Å². The Morgan fingerprint density at radius 3 is 2.13 bits per heavy atom. The number of rotatable bonds is 8. The van der Waals surface area contributed by atoms with Gasteiger partial charge in [-0.25, -0.2) is 0 Å². The second-order valence-corrected chi connectivity index (χ2v) is 10.7. The highest BCUT2D eigenvalue weighted by molar-refractivity contribution is 7.99. The van der Waals surface area contributed by atoms with Crippen molar-refractivity contribution < 1.29 is 19.1 Å². The molecule has 2 aliphatic rings. The number of nitrogens with one attached hydrogen (secondary N) is 1. The van der Waals surface area contributed by atoms with Gasteiger partial charge < -0.3 is 14.5 Å². The number of benzene rings is 2. The van der Waals surface area contributed by atoms with Crippen molar-refractivity contribution in [2.45, 2.75) is 56.8 Å². The summed E-state index contributed by atoms with van der Waals surface area (Å²) in [6, 6.07) is 15.6. The molecule has 2 unspecified atom stereocenters. The van der Waals surface area contributed by atoms with Crippen LogP contribution in [0.25, 0.3) is 0 Å². The lowest BCUT2D eigenvalue weighted by Crippen LogP contribution is -2.38. The first-order valence-electron chi connectivity index (χ1n) is 12.9. The van der Waals surface area contributed by atoms with E-state index < -0.39 is 11.5 Å². The van der Waals surface area contributed by atoms with E-state index in [4.69, 9.17) is 4.74 Å². The van der Waals surface area contributed by atoms with Crippen LogP contribution >= 0.6 is 11.8 Å². The summed E-state index contributed by atoms with van der Waals surface area (Å²) >= 11 is 1.10. The molecule has 0 saturated carbocycles. The van der Waals surface area contributed by atoms with Crippen LogP contribution in [0.2, 0.25) is 0 Å². The van der Waals surface area contributed by atoms with Crippen molar-refractivity contribution in [3.05, 3.63) is 75.7 Å². The molecule has 3 aromatic rings. The third kappa shape index (κ3) is 5.73. The van der Waals surface area contributed by atoms with Crippen LogP contribution in [0.15, 0.2) is 58.5 Å². The fourth-order valence-corrected chi connectivity index (χ4v) is 5.83. The first-order valence-corrected chi connectivity index (χ1v) is 13.8. The normalized spacial score (nSPS) is 17.6. The molecule has 0 bridgehead atoms. The SMILES string of the molecule is CC1Cc2ccccc2N1C(=O)COC(=O)CCc1nnc(SCC(=O)N2c3ccccc3CC2C)[nH]c1=O. The predicted molar refractivity (Wildman–Crippen MR) is 147 cm³/mol. The minimum atomic E-state index is -0.603. The minimum absolute atomic E-state index is 0.0105. The summed E-state index contributed by atoms with van der Waals surface area (Å²) in [6.07, 6.45) is 1.46. The van der Waals surface area contributed by atoms with E-state index in [1.165, 1.54) is 0 Å². The molecule has 2 aromatic carbocycles. The number of hydrogen-bond acceptors (Lipinski definition) is 8. The van der Waals surface area contributed by atoms with E-state index in [-0.39, 0.29) is 59.9 Å². The number of thioether (sulfide) groups is 1. The van der Waals surface area contributed by atoms with Crippen LogP contribution in [-0.2, 0) is 38.4 Å². The van der Waals surface area contributed by atoms with Gasteiger partial charge >= 0.3 is 5.97 Å². The highest BCUT2D eigenvalue weighted by Crippen LogP contribution is 2.33. The molecule has 1 aromatic heterocycles. The second-order valence-electron chi connectivity index (χ2n) is 9.75. The Balaban J connectivity index is 1.09. The van der Waals surface area contributed by atoms with Gasteiger partial charge in [0.25, 0.3) is 11.5 Å². The summed E-state index contributed by atoms with van der Waals surface area (Å²) < 4.78 is 5.18. The molecule has 0 spiro atoms. The zero-order valence-corrected chi connectivity index (χ0v) is 22.6. The number of amides is 2. The molecule has 3 heterocycles. The number of carbonyl (C=O) groups is 3. The summed E-state index contributed by atoms with van der Waals surface area (Å²) in [6.45, 7) is 3.59. The number of aromatic amines is 1. The molecular weight excluding hydrogens is 518 g/mol. The summed E-state index contributed by atoms with van der Waals surface area (Å²) in [5.41, 5.74) is 3.58. The maximum absolute atomic E-state index is 12.9. The van der Waals surface area contributed by atoms with Gasteiger partial charge in [0, 0.05) is 29.9 Å². The molecule has 2 amide bonds. The van der Waals surface area contributed by atoms with Gasteiger partial charge in [-0.3, -0.25) is 24.2 Å². The molecule has 0 aliphatic carbocycles. The molecule has 0 radical (unpaired) electrons. The van der Waals surface area contributed by atoms with Gasteiger partial charge in [-0.05, 0) is 49.9 Å². The molecule has 2 atom stereocenters. The minimum Gasteiger partial charge on any atom is -0.456 e. The third-order valence-corrected chi connectivity index (χ3v) is 7.80. The molecular formula is C28H29N5O5S. The first-order chi connectivity index (χ1) is 18.8. The van der Waals surface area contributed by atoms with E-state index in [0.717, 1.165) is 47.1 Å². The van der Waals surface area contributed by atoms with Crippen LogP contribution in [0.4, 0.5) is 11.4 Å². The molecule has 1 N–H and O–H groups in total. The van der Waals surface area contributed by atoms with Crippen LogP contribution < -0.4 is 15.4 Å². The van der Waals surface area contributed by atoms with E-state index in [1.54, 1.807) is 9.80 Å². The smallest absolute Gasteiger partial charge is 0.306 e. The Bertz CT molecular complexity index is 1470. The van der Waals surface area contributed by atoms with E-state index in [1.807, 2.05) is 62.4 Å². The Kier molecular flexibility index (Phi) is 7.78. The largest absolute Gasteiger partial charge is 0.456 e. The molecule has 10 nitrogen and oxygen atoms in total. The predicted octanol–water partition coefficient (Wildman–Crippen LogP) is 2.69. The summed E-state index contributed by atoms with van der Waals surface area (Å²) in [5, 5.41) is 8.18. The number of para-hydroxylation sites is 2. The average Bonchev–Trinajstić information content (AvgIpc) is 3.44. The lowest BCUT2D eigenvalue weighted by molar-refractivity contribution is -0.147. The standard InChI is InChI=1S/C28H29N5O5S/c1-17-13-19-7-3-5-9-22(19)32(17)24(34)15-38-26(36)12-11-21-27(37)29-28(31-30-21)39-16-25(35)33-18(2)14-20-8-4-6-10-23(20)33/h3-10,17-18H,11-16H2,1-2H3,(H,29,31,37). The van der Waals surface area contributed by atoms with E-state index in [2.05, 4.69) is 15.2 Å². The van der Waals surface area contributed by atoms with Gasteiger partial charge in [-0.15, -0.1) is 10.2 Å². The number of esters is 1. The van der Waals surface area contributed by atoms with Crippen molar-refractivity contribution >= 4 is 40.9 Å². The lowest BCUT2D eigenvalue weighted by Gasteiger charge is -2.22. The molecule has 0 fully saturated rings. The quantitative estimate of drug-likeness (QED) is 0.337. The fraction of sp³-hybridized carbons (Fsp3) is 0.357. The Morgan fingerprint density at radius 1 is 0.923 bits per heavy atom. The van der Waals surface area contributed by atoms with Gasteiger partial charge in [0.2, 0.25) is 5.91 Å². The number of H-pyrrole nitrogens is 1. The number of carbonyl (C=O) groups excluding carboxylic acids is 3. The van der Waals surface area contributed by atoms with Crippen molar-refractivity contribution in [1.82, 2.24) is 15.2 Å². The van der Waals surface area contributed by atoms with Crippen molar-refractivity contribution in [2.75, 3.05) is 22.2 Å². The van der Waals surface area contributed by atoms with Crippen molar-refractivity contribution in [3.8, 4) is 0 Å². The highest BCUT2D eigenvalue weighted by Gasteiger charge is 2.32. The van der Waals surface area contributed by atoms with Crippen LogP contribution in [0.1, 0.15) is 37.1 Å². The van der Waals surface area contributed by atoms with Crippen molar-refractivity contribution in [2.24, 2.45) is 0 Å². The zero-order chi connectivity index (χ0) is 27.5. The van der Waals surface area contributed by atoms with Crippen LogP contribution in [0.3, 0.4) is 0 Å². The summed E-state index contributed by atoms with van der Waals surface area (Å²) in [7, 11) is 0. The number of nitrogens with zero attached hydrogens (tertiary/aromatic N) is 4. The van der Waals surface area contributed by atoms with Crippen molar-refractivity contribution in [3.63, 3.8) is 0 Å². The molecule has 5 rings (SSSR count). The first kappa shape index (κ1) is 26.6. The number of aromatic nitrogens is 3. The maximum atomic E-state index is 12.9. The fourth-order valence-electron chi connectivity index (χ4n) is 5.17. The molecule has 202 valence electrons. The Labute approximate surface area is 229 Å². The van der Waals surface area contributed by atoms with Gasteiger partial charge in [0.1, 0.15) is 5.69 Å². The lowest BCUT2D eigenvalue weighted by atomic mass is 10.1. The Hall–Kier alpha value is -3.99. The van der Waals surface area contributed by atoms with Crippen LogP contribution in [-0.4, -0.2) is 57.4 Å². The summed E-state index contributed by atoms with van der Waals surface area (Å²) in [4.78, 5) is 56.4. The van der Waals surface area contributed by atoms with Gasteiger partial charge in [0.15, 0.2) is 11.8 Å². The molecule has 2 aliphatic heterocycles. The van der Waals surface area contributed by atoms with Gasteiger partial charge in [0.05, 0.1) is 12.2 Å². The maximum Gasteiger partial charge on any atom is 0.306 e. The number of aryl methyl sites for hydroxylation is 1. The number of hydrogen-bond donors (Lipinski definition) is 1. The third-order valence-electron chi connectivity index (χ3n) is 6.95. The zero-order valence-electron chi connectivity index (χ0n) is 21.8. The highest BCUT2D eigenvalue weighted by atomic mass is 32.2. The number of ether oxygens (including phenoxy) is 1. The Morgan fingerprint density at radius 2 is 1.51 bits per heavy atom. The average molecular weight is 548 g/mol. The molecule has 39 heavy (non-hydrogen) atoms. The second kappa shape index (κ2) is 11.4. The van der Waals surface area contributed by atoms with Crippen LogP contribution in [0.5, 0.6) is 0 Å². The topological polar surface area (TPSA) is 126 Å². The molecule has 11 heteroatoms. The van der Waals surface area contributed by atoms with Crippen LogP contribution in [0, 0.1) is 0 Å².